The van der Waals surface area contributed by atoms with E-state index in [0.29, 0.717) is 11.5 Å². The number of nitrogens with one attached hydrogen (secondary N) is 1. The van der Waals surface area contributed by atoms with Crippen LogP contribution in [0.25, 0.3) is 33.3 Å². The fourth-order valence-corrected chi connectivity index (χ4v) is 4.93. The first-order chi connectivity index (χ1) is 16.3. The monoisotopic (exact) mass is 436 g/mol. The molecule has 4 aromatic rings. The van der Waals surface area contributed by atoms with Gasteiger partial charge in [0, 0.05) is 29.3 Å². The number of hydrogen-bond donors (Lipinski definition) is 1. The fraction of sp³-hybridized carbons (Fsp3) is 0.259. The summed E-state index contributed by atoms with van der Waals surface area (Å²) in [4.78, 5) is 4.95. The Bertz CT molecular complexity index is 1360. The highest BCUT2D eigenvalue weighted by Crippen LogP contribution is 2.41. The normalized spacial score (nSPS) is 15.6. The average molecular weight is 437 g/mol. The van der Waals surface area contributed by atoms with Crippen molar-refractivity contribution in [1.29, 1.82) is 5.26 Å². The summed E-state index contributed by atoms with van der Waals surface area (Å²) in [5.41, 5.74) is 5.76. The number of nitrogens with zero attached hydrogens (tertiary/aromatic N) is 3. The zero-order chi connectivity index (χ0) is 22.2. The summed E-state index contributed by atoms with van der Waals surface area (Å²) >= 11 is 0. The van der Waals surface area contributed by atoms with Crippen LogP contribution in [0.3, 0.4) is 0 Å². The van der Waals surface area contributed by atoms with Crippen molar-refractivity contribution >= 4 is 10.9 Å². The molecule has 0 saturated carbocycles. The van der Waals surface area contributed by atoms with Gasteiger partial charge in [-0.2, -0.15) is 5.26 Å². The molecule has 0 bridgehead atoms. The van der Waals surface area contributed by atoms with Crippen molar-refractivity contribution in [3.8, 4) is 40.0 Å². The molecule has 6 rings (SSSR count). The predicted octanol–water partition coefficient (Wildman–Crippen LogP) is 4.97. The Morgan fingerprint density at radius 1 is 1.00 bits per heavy atom. The van der Waals surface area contributed by atoms with Crippen LogP contribution in [0.4, 0.5) is 0 Å². The number of benzene rings is 2. The third-order valence-electron chi connectivity index (χ3n) is 6.69. The van der Waals surface area contributed by atoms with E-state index in [0.717, 1.165) is 64.4 Å². The average Bonchev–Trinajstić information content (AvgIpc) is 3.51. The third kappa shape index (κ3) is 3.61. The molecule has 1 saturated heterocycles. The number of pyridine rings is 1. The molecule has 0 amide bonds. The first kappa shape index (κ1) is 19.8. The summed E-state index contributed by atoms with van der Waals surface area (Å²) in [7, 11) is 0. The van der Waals surface area contributed by atoms with E-state index in [1.807, 2.05) is 48.7 Å². The van der Waals surface area contributed by atoms with Gasteiger partial charge in [-0.15, -0.1) is 0 Å². The van der Waals surface area contributed by atoms with Crippen molar-refractivity contribution in [2.45, 2.75) is 19.4 Å². The van der Waals surface area contributed by atoms with Crippen LogP contribution in [0.5, 0.6) is 11.5 Å². The zero-order valence-corrected chi connectivity index (χ0v) is 18.3. The smallest absolute Gasteiger partial charge is 0.231 e. The Hall–Kier alpha value is -3.82. The van der Waals surface area contributed by atoms with Gasteiger partial charge in [-0.25, -0.2) is 0 Å². The van der Waals surface area contributed by atoms with Crippen LogP contribution in [0.15, 0.2) is 60.9 Å². The van der Waals surface area contributed by atoms with Crippen molar-refractivity contribution in [3.05, 3.63) is 66.5 Å². The van der Waals surface area contributed by atoms with E-state index in [9.17, 15) is 5.26 Å². The van der Waals surface area contributed by atoms with E-state index in [4.69, 9.17) is 14.5 Å². The van der Waals surface area contributed by atoms with Gasteiger partial charge in [-0.05, 0) is 73.8 Å². The molecule has 2 aromatic heterocycles. The molecule has 2 aliphatic rings. The van der Waals surface area contributed by atoms with Crippen molar-refractivity contribution in [1.82, 2.24) is 14.9 Å². The third-order valence-corrected chi connectivity index (χ3v) is 6.69. The van der Waals surface area contributed by atoms with Crippen molar-refractivity contribution in [2.24, 2.45) is 5.92 Å². The van der Waals surface area contributed by atoms with Gasteiger partial charge >= 0.3 is 0 Å². The van der Waals surface area contributed by atoms with E-state index in [-0.39, 0.29) is 6.79 Å². The number of fused-ring (bicyclic) bond motifs is 2. The first-order valence-corrected chi connectivity index (χ1v) is 11.4. The number of hydrogen-bond acceptors (Lipinski definition) is 5. The summed E-state index contributed by atoms with van der Waals surface area (Å²) in [5.74, 6) is 2.17. The maximum Gasteiger partial charge on any atom is 0.231 e. The van der Waals surface area contributed by atoms with Crippen LogP contribution < -0.4 is 14.8 Å². The topological polar surface area (TPSA) is 72.1 Å². The minimum absolute atomic E-state index is 0.243. The summed E-state index contributed by atoms with van der Waals surface area (Å²) < 4.78 is 13.5. The molecule has 4 heterocycles. The van der Waals surface area contributed by atoms with E-state index < -0.39 is 0 Å². The van der Waals surface area contributed by atoms with Crippen LogP contribution in [0.1, 0.15) is 18.4 Å². The van der Waals surface area contributed by atoms with E-state index in [1.54, 1.807) is 0 Å². The van der Waals surface area contributed by atoms with Gasteiger partial charge in [0.15, 0.2) is 11.5 Å². The van der Waals surface area contributed by atoms with Gasteiger partial charge in [0.25, 0.3) is 0 Å². The van der Waals surface area contributed by atoms with E-state index in [2.05, 4.69) is 28.2 Å². The summed E-state index contributed by atoms with van der Waals surface area (Å²) in [5, 5.41) is 13.9. The fourth-order valence-electron chi connectivity index (χ4n) is 4.93. The van der Waals surface area contributed by atoms with Crippen molar-refractivity contribution < 1.29 is 9.47 Å². The van der Waals surface area contributed by atoms with Crippen LogP contribution in [0.2, 0.25) is 0 Å². The molecule has 6 nitrogen and oxygen atoms in total. The molecule has 33 heavy (non-hydrogen) atoms. The molecule has 0 unspecified atom stereocenters. The van der Waals surface area contributed by atoms with Crippen LogP contribution in [-0.4, -0.2) is 29.4 Å². The minimum Gasteiger partial charge on any atom is -0.454 e. The molecule has 2 aliphatic heterocycles. The highest BCUT2D eigenvalue weighted by Gasteiger charge is 2.21. The van der Waals surface area contributed by atoms with Gasteiger partial charge in [0.1, 0.15) is 0 Å². The second kappa shape index (κ2) is 8.27. The quantitative estimate of drug-likeness (QED) is 0.489. The standard InChI is InChI=1S/C27H24N4O2/c28-14-18-1-3-20(4-2-18)26-22-9-12-31(16-19-7-10-29-11-8-19)23(22)15-30-27(26)21-5-6-24-25(13-21)33-17-32-24/h1-6,9,12-13,15,19,29H,7-8,10-11,16-17H2. The lowest BCUT2D eigenvalue weighted by Crippen LogP contribution is -2.29. The van der Waals surface area contributed by atoms with Crippen LogP contribution in [-0.2, 0) is 6.54 Å². The summed E-state index contributed by atoms with van der Waals surface area (Å²) in [6, 6.07) is 18.1. The molecule has 0 aliphatic carbocycles. The van der Waals surface area contributed by atoms with Crippen molar-refractivity contribution in [2.75, 3.05) is 19.9 Å². The molecule has 0 radical (unpaired) electrons. The van der Waals surface area contributed by atoms with Crippen LogP contribution >= 0.6 is 0 Å². The molecule has 1 N–H and O–H groups in total. The second-order valence-electron chi connectivity index (χ2n) is 8.70. The van der Waals surface area contributed by atoms with Gasteiger partial charge in [0.2, 0.25) is 6.79 Å². The lowest BCUT2D eigenvalue weighted by molar-refractivity contribution is 0.174. The van der Waals surface area contributed by atoms with Crippen molar-refractivity contribution in [3.63, 3.8) is 0 Å². The van der Waals surface area contributed by atoms with Gasteiger partial charge < -0.3 is 19.4 Å². The number of nitriles is 1. The van der Waals surface area contributed by atoms with E-state index in [1.165, 1.54) is 12.8 Å². The van der Waals surface area contributed by atoms with Gasteiger partial charge in [0.05, 0.1) is 29.0 Å². The highest BCUT2D eigenvalue weighted by atomic mass is 16.7. The number of aromatic nitrogens is 2. The molecule has 1 fully saturated rings. The Morgan fingerprint density at radius 3 is 2.61 bits per heavy atom. The Labute approximate surface area is 192 Å². The molecule has 2 aromatic carbocycles. The SMILES string of the molecule is N#Cc1ccc(-c2c(-c3ccc4c(c3)OCO4)ncc3c2ccn3CC2CCNCC2)cc1. The lowest BCUT2D eigenvalue weighted by Gasteiger charge is -2.23. The molecule has 6 heteroatoms. The molecular weight excluding hydrogens is 412 g/mol. The number of rotatable bonds is 4. The predicted molar refractivity (Wildman–Crippen MR) is 127 cm³/mol. The first-order valence-electron chi connectivity index (χ1n) is 11.4. The van der Waals surface area contributed by atoms with Gasteiger partial charge in [-0.3, -0.25) is 4.98 Å². The largest absolute Gasteiger partial charge is 0.454 e. The second-order valence-corrected chi connectivity index (χ2v) is 8.70. The maximum absolute atomic E-state index is 9.26. The minimum atomic E-state index is 0.243. The number of piperidine rings is 1. The van der Waals surface area contributed by atoms with Gasteiger partial charge in [-0.1, -0.05) is 12.1 Å². The molecule has 164 valence electrons. The Kier molecular flexibility index (Phi) is 4.97. The Balaban J connectivity index is 1.50. The molecule has 0 atom stereocenters. The molecular formula is C27H24N4O2. The molecule has 0 spiro atoms. The summed E-state index contributed by atoms with van der Waals surface area (Å²) in [6.45, 7) is 3.43. The lowest BCUT2D eigenvalue weighted by atomic mass is 9.95. The maximum atomic E-state index is 9.26. The Morgan fingerprint density at radius 2 is 1.79 bits per heavy atom. The zero-order valence-electron chi connectivity index (χ0n) is 18.3. The number of ether oxygens (including phenoxy) is 2. The summed E-state index contributed by atoms with van der Waals surface area (Å²) in [6.07, 6.45) is 6.57. The van der Waals surface area contributed by atoms with Crippen LogP contribution in [0, 0.1) is 17.2 Å². The van der Waals surface area contributed by atoms with E-state index >= 15 is 0 Å². The highest BCUT2D eigenvalue weighted by molar-refractivity contribution is 6.01.